The van der Waals surface area contributed by atoms with Gasteiger partial charge >= 0.3 is 5.97 Å². The minimum Gasteiger partial charge on any atom is -0.465 e. The van der Waals surface area contributed by atoms with Crippen LogP contribution < -0.4 is 11.1 Å². The number of rotatable bonds is 4. The number of non-ortho nitro benzene ring substituents is 1. The fraction of sp³-hybridized carbons (Fsp3) is 0.467. The van der Waals surface area contributed by atoms with E-state index in [0.29, 0.717) is 12.8 Å². The summed E-state index contributed by atoms with van der Waals surface area (Å²) in [6, 6.07) is 3.62. The lowest BCUT2D eigenvalue weighted by Gasteiger charge is -2.31. The largest absolute Gasteiger partial charge is 0.465 e. The van der Waals surface area contributed by atoms with E-state index in [1.165, 1.54) is 19.2 Å². The molecular formula is C15H19N3O5. The topological polar surface area (TPSA) is 125 Å². The Hall–Kier alpha value is -2.48. The van der Waals surface area contributed by atoms with Crippen LogP contribution in [0.3, 0.4) is 0 Å². The first kappa shape index (κ1) is 16.9. The summed E-state index contributed by atoms with van der Waals surface area (Å²) in [6.07, 6.45) is 3.91. The van der Waals surface area contributed by atoms with E-state index in [1.54, 1.807) is 0 Å². The van der Waals surface area contributed by atoms with Gasteiger partial charge in [0, 0.05) is 17.8 Å². The number of ether oxygens (including phenoxy) is 1. The van der Waals surface area contributed by atoms with E-state index in [2.05, 4.69) is 10.1 Å². The van der Waals surface area contributed by atoms with E-state index >= 15 is 0 Å². The SMILES string of the molecule is COC(=O)c1cc(NC(=O)C2(N)CCCCC2)cc([N+](=O)[O-])c1. The van der Waals surface area contributed by atoms with Gasteiger partial charge < -0.3 is 15.8 Å². The number of nitro groups is 1. The molecule has 0 heterocycles. The van der Waals surface area contributed by atoms with Crippen LogP contribution in [0, 0.1) is 10.1 Å². The molecule has 0 radical (unpaired) electrons. The molecule has 1 aromatic rings. The number of nitrogens with zero attached hydrogens (tertiary/aromatic N) is 1. The molecule has 0 saturated heterocycles. The smallest absolute Gasteiger partial charge is 0.338 e. The van der Waals surface area contributed by atoms with Crippen molar-refractivity contribution in [3.05, 3.63) is 33.9 Å². The number of methoxy groups -OCH3 is 1. The summed E-state index contributed by atoms with van der Waals surface area (Å²) >= 11 is 0. The Bertz CT molecular complexity index is 638. The molecule has 1 saturated carbocycles. The number of amides is 1. The number of carbonyl (C=O) groups is 2. The Morgan fingerprint density at radius 2 is 1.91 bits per heavy atom. The third-order valence-corrected chi connectivity index (χ3v) is 4.01. The Labute approximate surface area is 133 Å². The summed E-state index contributed by atoms with van der Waals surface area (Å²) in [7, 11) is 1.18. The number of hydrogen-bond donors (Lipinski definition) is 2. The van der Waals surface area contributed by atoms with Crippen molar-refractivity contribution < 1.29 is 19.2 Å². The van der Waals surface area contributed by atoms with Crippen molar-refractivity contribution in [2.75, 3.05) is 12.4 Å². The molecule has 0 unspecified atom stereocenters. The summed E-state index contributed by atoms with van der Waals surface area (Å²) in [4.78, 5) is 34.4. The number of nitrogens with two attached hydrogens (primary N) is 1. The lowest BCUT2D eigenvalue weighted by Crippen LogP contribution is -2.52. The van der Waals surface area contributed by atoms with Crippen LogP contribution >= 0.6 is 0 Å². The second-order valence-electron chi connectivity index (χ2n) is 5.69. The minimum atomic E-state index is -0.978. The summed E-state index contributed by atoms with van der Waals surface area (Å²) in [5.41, 5.74) is 4.99. The Morgan fingerprint density at radius 1 is 1.26 bits per heavy atom. The third-order valence-electron chi connectivity index (χ3n) is 4.01. The Balaban J connectivity index is 2.27. The van der Waals surface area contributed by atoms with Crippen molar-refractivity contribution in [1.82, 2.24) is 0 Å². The highest BCUT2D eigenvalue weighted by molar-refractivity contribution is 5.99. The van der Waals surface area contributed by atoms with Gasteiger partial charge in [0.1, 0.15) is 0 Å². The average molecular weight is 321 g/mol. The van der Waals surface area contributed by atoms with Crippen molar-refractivity contribution >= 4 is 23.3 Å². The van der Waals surface area contributed by atoms with Crippen LogP contribution in [0.5, 0.6) is 0 Å². The molecule has 0 aliphatic heterocycles. The predicted molar refractivity (Wildman–Crippen MR) is 83.1 cm³/mol. The molecule has 8 nitrogen and oxygen atoms in total. The predicted octanol–water partition coefficient (Wildman–Crippen LogP) is 1.98. The number of anilines is 1. The zero-order valence-electron chi connectivity index (χ0n) is 12.8. The van der Waals surface area contributed by atoms with Gasteiger partial charge in [0.15, 0.2) is 0 Å². The van der Waals surface area contributed by atoms with E-state index in [1.807, 2.05) is 0 Å². The van der Waals surface area contributed by atoms with Crippen molar-refractivity contribution in [3.63, 3.8) is 0 Å². The second kappa shape index (κ2) is 6.74. The van der Waals surface area contributed by atoms with Gasteiger partial charge in [0.25, 0.3) is 5.69 Å². The van der Waals surface area contributed by atoms with Gasteiger partial charge in [-0.15, -0.1) is 0 Å². The van der Waals surface area contributed by atoms with Crippen LogP contribution in [-0.4, -0.2) is 29.4 Å². The van der Waals surface area contributed by atoms with Gasteiger partial charge in [0.2, 0.25) is 5.91 Å². The van der Waals surface area contributed by atoms with Crippen LogP contribution in [0.25, 0.3) is 0 Å². The number of esters is 1. The molecule has 8 heteroatoms. The van der Waals surface area contributed by atoms with Gasteiger partial charge in [-0.1, -0.05) is 19.3 Å². The zero-order valence-corrected chi connectivity index (χ0v) is 12.8. The molecule has 3 N–H and O–H groups in total. The molecule has 1 aromatic carbocycles. The van der Waals surface area contributed by atoms with Gasteiger partial charge in [-0.2, -0.15) is 0 Å². The highest BCUT2D eigenvalue weighted by atomic mass is 16.6. The zero-order chi connectivity index (χ0) is 17.0. The van der Waals surface area contributed by atoms with Gasteiger partial charge in [-0.3, -0.25) is 14.9 Å². The average Bonchev–Trinajstić information content (AvgIpc) is 2.54. The first-order valence-corrected chi connectivity index (χ1v) is 7.34. The highest BCUT2D eigenvalue weighted by Gasteiger charge is 2.35. The lowest BCUT2D eigenvalue weighted by atomic mass is 9.82. The monoisotopic (exact) mass is 321 g/mol. The lowest BCUT2D eigenvalue weighted by molar-refractivity contribution is -0.384. The maximum atomic E-state index is 12.4. The molecule has 0 aromatic heterocycles. The van der Waals surface area contributed by atoms with Crippen molar-refractivity contribution in [2.45, 2.75) is 37.6 Å². The third kappa shape index (κ3) is 3.84. The number of carbonyl (C=O) groups excluding carboxylic acids is 2. The molecule has 1 amide bonds. The van der Waals surface area contributed by atoms with E-state index in [4.69, 9.17) is 5.73 Å². The molecular weight excluding hydrogens is 302 g/mol. The van der Waals surface area contributed by atoms with Gasteiger partial charge in [0.05, 0.1) is 23.1 Å². The first-order chi connectivity index (χ1) is 10.9. The van der Waals surface area contributed by atoms with Gasteiger partial charge in [-0.25, -0.2) is 4.79 Å². The molecule has 0 atom stereocenters. The van der Waals surface area contributed by atoms with Crippen LogP contribution in [0.15, 0.2) is 18.2 Å². The van der Waals surface area contributed by atoms with Crippen LogP contribution in [0.4, 0.5) is 11.4 Å². The number of nitrogens with one attached hydrogen (secondary N) is 1. The van der Waals surface area contributed by atoms with E-state index in [-0.39, 0.29) is 16.9 Å². The molecule has 1 aliphatic rings. The van der Waals surface area contributed by atoms with Crippen LogP contribution in [0.2, 0.25) is 0 Å². The molecule has 124 valence electrons. The summed E-state index contributed by atoms with van der Waals surface area (Å²) < 4.78 is 4.57. The number of nitro benzene ring substituents is 1. The van der Waals surface area contributed by atoms with Crippen molar-refractivity contribution in [1.29, 1.82) is 0 Å². The summed E-state index contributed by atoms with van der Waals surface area (Å²) in [5.74, 6) is -1.11. The number of hydrogen-bond acceptors (Lipinski definition) is 6. The minimum absolute atomic E-state index is 0.00767. The number of benzene rings is 1. The molecule has 0 bridgehead atoms. The van der Waals surface area contributed by atoms with E-state index in [0.717, 1.165) is 25.3 Å². The van der Waals surface area contributed by atoms with E-state index in [9.17, 15) is 19.7 Å². The molecule has 1 aliphatic carbocycles. The maximum Gasteiger partial charge on any atom is 0.338 e. The molecule has 0 spiro atoms. The van der Waals surface area contributed by atoms with Crippen LogP contribution in [0.1, 0.15) is 42.5 Å². The first-order valence-electron chi connectivity index (χ1n) is 7.34. The van der Waals surface area contributed by atoms with Crippen molar-refractivity contribution in [2.24, 2.45) is 5.73 Å². The van der Waals surface area contributed by atoms with Gasteiger partial charge in [-0.05, 0) is 18.9 Å². The Kier molecular flexibility index (Phi) is 4.95. The summed E-state index contributed by atoms with van der Waals surface area (Å²) in [5, 5.41) is 13.6. The fourth-order valence-corrected chi connectivity index (χ4v) is 2.69. The maximum absolute atomic E-state index is 12.4. The van der Waals surface area contributed by atoms with Crippen molar-refractivity contribution in [3.8, 4) is 0 Å². The standard InChI is InChI=1S/C15H19N3O5/c1-23-13(19)10-7-11(9-12(8-10)18(21)22)17-14(20)15(16)5-3-2-4-6-15/h7-9H,2-6,16H2,1H3,(H,17,20). The molecule has 2 rings (SSSR count). The van der Waals surface area contributed by atoms with Crippen LogP contribution in [-0.2, 0) is 9.53 Å². The second-order valence-corrected chi connectivity index (χ2v) is 5.69. The molecule has 23 heavy (non-hydrogen) atoms. The fourth-order valence-electron chi connectivity index (χ4n) is 2.69. The quantitative estimate of drug-likeness (QED) is 0.496. The highest BCUT2D eigenvalue weighted by Crippen LogP contribution is 2.28. The Morgan fingerprint density at radius 3 is 2.48 bits per heavy atom. The summed E-state index contributed by atoms with van der Waals surface area (Å²) in [6.45, 7) is 0. The normalized spacial score (nSPS) is 16.4. The molecule has 1 fully saturated rings. The van der Waals surface area contributed by atoms with E-state index < -0.39 is 22.3 Å².